The molecule has 0 aliphatic rings. The summed E-state index contributed by atoms with van der Waals surface area (Å²) in [6, 6.07) is -0.282. The second-order valence-electron chi connectivity index (χ2n) is 4.04. The molecule has 0 aromatic carbocycles. The molecule has 0 radical (unpaired) electrons. The van der Waals surface area contributed by atoms with Crippen molar-refractivity contribution in [1.29, 1.82) is 0 Å². The van der Waals surface area contributed by atoms with Gasteiger partial charge in [0.15, 0.2) is 5.13 Å². The van der Waals surface area contributed by atoms with E-state index < -0.39 is 5.97 Å². The summed E-state index contributed by atoms with van der Waals surface area (Å²) < 4.78 is 0. The molecule has 0 fully saturated rings. The average Bonchev–Trinajstić information content (AvgIpc) is 2.79. The van der Waals surface area contributed by atoms with Crippen LogP contribution < -0.4 is 10.6 Å². The SMILES string of the molecule is CC(CCNC(=O)Nc1nccs1)CCC(=O)O. The first-order chi connectivity index (χ1) is 8.58. The number of carboxylic acid groups (broad SMARTS) is 1. The number of nitrogens with one attached hydrogen (secondary N) is 2. The first kappa shape index (κ1) is 14.4. The van der Waals surface area contributed by atoms with Crippen LogP contribution in [0.25, 0.3) is 0 Å². The second-order valence-corrected chi connectivity index (χ2v) is 4.94. The smallest absolute Gasteiger partial charge is 0.321 e. The number of rotatable bonds is 7. The van der Waals surface area contributed by atoms with Gasteiger partial charge in [-0.3, -0.25) is 10.1 Å². The third kappa shape index (κ3) is 6.19. The van der Waals surface area contributed by atoms with Gasteiger partial charge in [-0.1, -0.05) is 6.92 Å². The van der Waals surface area contributed by atoms with Crippen molar-refractivity contribution in [3.63, 3.8) is 0 Å². The number of hydrogen-bond acceptors (Lipinski definition) is 4. The Hall–Kier alpha value is -1.63. The molecule has 1 aromatic rings. The van der Waals surface area contributed by atoms with E-state index in [0.29, 0.717) is 18.1 Å². The maximum atomic E-state index is 11.4. The van der Waals surface area contributed by atoms with Crippen molar-refractivity contribution in [2.45, 2.75) is 26.2 Å². The van der Waals surface area contributed by atoms with Gasteiger partial charge in [-0.05, 0) is 18.8 Å². The molecule has 6 nitrogen and oxygen atoms in total. The van der Waals surface area contributed by atoms with Crippen molar-refractivity contribution >= 4 is 28.5 Å². The quantitative estimate of drug-likeness (QED) is 0.708. The Balaban J connectivity index is 2.09. The zero-order valence-electron chi connectivity index (χ0n) is 10.2. The molecular formula is C11H17N3O3S. The van der Waals surface area contributed by atoms with Gasteiger partial charge in [-0.2, -0.15) is 0 Å². The van der Waals surface area contributed by atoms with Crippen LogP contribution in [0.5, 0.6) is 0 Å². The highest BCUT2D eigenvalue weighted by molar-refractivity contribution is 7.13. The van der Waals surface area contributed by atoms with Gasteiger partial charge in [0.25, 0.3) is 0 Å². The van der Waals surface area contributed by atoms with Crippen LogP contribution in [0.3, 0.4) is 0 Å². The Kier molecular flexibility index (Phi) is 6.13. The van der Waals surface area contributed by atoms with Gasteiger partial charge in [0.2, 0.25) is 0 Å². The molecule has 0 aliphatic carbocycles. The highest BCUT2D eigenvalue weighted by Gasteiger charge is 2.07. The van der Waals surface area contributed by atoms with Crippen molar-refractivity contribution in [2.75, 3.05) is 11.9 Å². The number of aromatic nitrogens is 1. The van der Waals surface area contributed by atoms with Crippen LogP contribution >= 0.6 is 11.3 Å². The number of thiazole rings is 1. The number of amides is 2. The number of anilines is 1. The summed E-state index contributed by atoms with van der Waals surface area (Å²) in [7, 11) is 0. The highest BCUT2D eigenvalue weighted by Crippen LogP contribution is 2.10. The van der Waals surface area contributed by atoms with E-state index >= 15 is 0 Å². The number of urea groups is 1. The third-order valence-corrected chi connectivity index (χ3v) is 3.12. The van der Waals surface area contributed by atoms with Crippen molar-refractivity contribution in [1.82, 2.24) is 10.3 Å². The van der Waals surface area contributed by atoms with Gasteiger partial charge in [-0.15, -0.1) is 11.3 Å². The first-order valence-electron chi connectivity index (χ1n) is 5.74. The Morgan fingerprint density at radius 3 is 2.89 bits per heavy atom. The third-order valence-electron chi connectivity index (χ3n) is 2.43. The number of carboxylic acids is 1. The monoisotopic (exact) mass is 271 g/mol. The van der Waals surface area contributed by atoms with E-state index in [9.17, 15) is 9.59 Å². The number of carbonyl (C=O) groups is 2. The Bertz CT molecular complexity index is 381. The van der Waals surface area contributed by atoms with Crippen LogP contribution in [-0.4, -0.2) is 28.6 Å². The fourth-order valence-corrected chi connectivity index (χ4v) is 1.90. The van der Waals surface area contributed by atoms with E-state index in [1.165, 1.54) is 11.3 Å². The summed E-state index contributed by atoms with van der Waals surface area (Å²) in [6.45, 7) is 2.50. The summed E-state index contributed by atoms with van der Waals surface area (Å²) in [5, 5.41) is 16.2. The minimum absolute atomic E-state index is 0.173. The number of carbonyl (C=O) groups excluding carboxylic acids is 1. The van der Waals surface area contributed by atoms with Crippen molar-refractivity contribution in [3.8, 4) is 0 Å². The lowest BCUT2D eigenvalue weighted by molar-refractivity contribution is -0.137. The largest absolute Gasteiger partial charge is 0.481 e. The average molecular weight is 271 g/mol. The molecule has 100 valence electrons. The normalized spacial score (nSPS) is 11.8. The Labute approximate surface area is 109 Å². The van der Waals surface area contributed by atoms with Gasteiger partial charge in [-0.25, -0.2) is 9.78 Å². The summed E-state index contributed by atoms with van der Waals surface area (Å²) in [4.78, 5) is 25.7. The van der Waals surface area contributed by atoms with Crippen molar-refractivity contribution in [2.24, 2.45) is 5.92 Å². The summed E-state index contributed by atoms with van der Waals surface area (Å²) in [6.07, 6.45) is 3.18. The van der Waals surface area contributed by atoms with Crippen LogP contribution in [0, 0.1) is 5.92 Å². The van der Waals surface area contributed by atoms with Gasteiger partial charge in [0, 0.05) is 24.5 Å². The van der Waals surface area contributed by atoms with E-state index in [2.05, 4.69) is 15.6 Å². The molecule has 2 amide bonds. The lowest BCUT2D eigenvalue weighted by Crippen LogP contribution is -2.30. The molecule has 0 saturated carbocycles. The van der Waals surface area contributed by atoms with Crippen LogP contribution in [0.2, 0.25) is 0 Å². The molecule has 18 heavy (non-hydrogen) atoms. The predicted octanol–water partition coefficient (Wildman–Crippen LogP) is 2.16. The van der Waals surface area contributed by atoms with Gasteiger partial charge in [0.05, 0.1) is 0 Å². The molecule has 1 aromatic heterocycles. The highest BCUT2D eigenvalue weighted by atomic mass is 32.1. The molecule has 1 unspecified atom stereocenters. The van der Waals surface area contributed by atoms with Crippen molar-refractivity contribution in [3.05, 3.63) is 11.6 Å². The summed E-state index contributed by atoms with van der Waals surface area (Å²) in [5.74, 6) is -0.502. The number of aliphatic carboxylic acids is 1. The molecule has 7 heteroatoms. The maximum absolute atomic E-state index is 11.4. The predicted molar refractivity (Wildman–Crippen MR) is 69.8 cm³/mol. The molecule has 1 atom stereocenters. The number of hydrogen-bond donors (Lipinski definition) is 3. The van der Waals surface area contributed by atoms with Gasteiger partial charge in [0.1, 0.15) is 0 Å². The zero-order valence-corrected chi connectivity index (χ0v) is 11.0. The lowest BCUT2D eigenvalue weighted by atomic mass is 10.0. The van der Waals surface area contributed by atoms with E-state index in [4.69, 9.17) is 5.11 Å². The molecule has 0 saturated heterocycles. The summed E-state index contributed by atoms with van der Waals surface area (Å²) >= 11 is 1.35. The molecule has 1 rings (SSSR count). The standard InChI is InChI=1S/C11H17N3O3S/c1-8(2-3-9(15)16)4-5-12-10(17)14-11-13-6-7-18-11/h6-8H,2-5H2,1H3,(H,15,16)(H2,12,13,14,17). The van der Waals surface area contributed by atoms with E-state index in [-0.39, 0.29) is 18.4 Å². The minimum Gasteiger partial charge on any atom is -0.481 e. The summed E-state index contributed by atoms with van der Waals surface area (Å²) in [5.41, 5.74) is 0. The number of nitrogens with zero attached hydrogens (tertiary/aromatic N) is 1. The van der Waals surface area contributed by atoms with Crippen LogP contribution in [0.1, 0.15) is 26.2 Å². The molecule has 1 heterocycles. The molecule has 0 spiro atoms. The fourth-order valence-electron chi connectivity index (χ4n) is 1.37. The van der Waals surface area contributed by atoms with Gasteiger partial charge >= 0.3 is 12.0 Å². The first-order valence-corrected chi connectivity index (χ1v) is 6.62. The van der Waals surface area contributed by atoms with E-state index in [1.807, 2.05) is 6.92 Å². The molecular weight excluding hydrogens is 254 g/mol. The topological polar surface area (TPSA) is 91.3 Å². The van der Waals surface area contributed by atoms with Crippen LogP contribution in [0.4, 0.5) is 9.93 Å². The van der Waals surface area contributed by atoms with Gasteiger partial charge < -0.3 is 10.4 Å². The fraction of sp³-hybridized carbons (Fsp3) is 0.545. The maximum Gasteiger partial charge on any atom is 0.321 e. The zero-order chi connectivity index (χ0) is 13.4. The lowest BCUT2D eigenvalue weighted by Gasteiger charge is -2.10. The Morgan fingerprint density at radius 1 is 1.50 bits per heavy atom. The minimum atomic E-state index is -0.781. The second kappa shape index (κ2) is 7.65. The van der Waals surface area contributed by atoms with Crippen LogP contribution in [0.15, 0.2) is 11.6 Å². The van der Waals surface area contributed by atoms with Crippen molar-refractivity contribution < 1.29 is 14.7 Å². The molecule has 0 bridgehead atoms. The van der Waals surface area contributed by atoms with E-state index in [1.54, 1.807) is 11.6 Å². The molecule has 0 aliphatic heterocycles. The van der Waals surface area contributed by atoms with E-state index in [0.717, 1.165) is 6.42 Å². The molecule has 3 N–H and O–H groups in total. The van der Waals surface area contributed by atoms with Crippen LogP contribution in [-0.2, 0) is 4.79 Å². The Morgan fingerprint density at radius 2 is 2.28 bits per heavy atom.